The predicted octanol–water partition coefficient (Wildman–Crippen LogP) is 9.36. The second-order valence-electron chi connectivity index (χ2n) is 15.6. The Labute approximate surface area is 419 Å². The third-order valence-corrected chi connectivity index (χ3v) is 11.4. The molecule has 0 bridgehead atoms. The number of amides is 2. The molecular formula is C50H56Cl3F3N4O10. The molecular weight excluding hydrogens is 980 g/mol. The molecule has 1 aromatic heterocycles. The second kappa shape index (κ2) is 26.3. The number of hydrogen-bond acceptors (Lipinski definition) is 10. The smallest absolute Gasteiger partial charge is 0.431 e. The van der Waals surface area contributed by atoms with Gasteiger partial charge in [0.1, 0.15) is 48.8 Å². The Balaban J connectivity index is 0.000000260. The van der Waals surface area contributed by atoms with Crippen molar-refractivity contribution in [2.75, 3.05) is 42.7 Å². The quantitative estimate of drug-likeness (QED) is 0.0565. The molecule has 4 aromatic carbocycles. The van der Waals surface area contributed by atoms with Crippen molar-refractivity contribution in [2.24, 2.45) is 7.05 Å². The van der Waals surface area contributed by atoms with Gasteiger partial charge in [0.05, 0.1) is 30.2 Å². The number of fused-ring (bicyclic) bond motifs is 1. The number of benzene rings is 4. The largest absolute Gasteiger partial charge is 0.489 e. The summed E-state index contributed by atoms with van der Waals surface area (Å²) in [6.45, 7) is 12.8. The van der Waals surface area contributed by atoms with Crippen molar-refractivity contribution in [3.05, 3.63) is 140 Å². The predicted molar refractivity (Wildman–Crippen MR) is 264 cm³/mol. The number of para-hydroxylation sites is 3. The Morgan fingerprint density at radius 3 is 2.20 bits per heavy atom. The normalized spacial score (nSPS) is 13.4. The number of halogens is 6. The molecule has 2 unspecified atom stereocenters. The molecule has 20 heteroatoms. The summed E-state index contributed by atoms with van der Waals surface area (Å²) in [6, 6.07) is 25.0. The van der Waals surface area contributed by atoms with Crippen LogP contribution in [0.25, 0.3) is 5.69 Å². The molecule has 5 aromatic rings. The minimum atomic E-state index is -4.84. The molecule has 1 aliphatic rings. The first-order valence-corrected chi connectivity index (χ1v) is 23.5. The van der Waals surface area contributed by atoms with Gasteiger partial charge in [-0.15, -0.1) is 11.6 Å². The van der Waals surface area contributed by atoms with Gasteiger partial charge < -0.3 is 28.6 Å². The van der Waals surface area contributed by atoms with E-state index < -0.39 is 40.0 Å². The van der Waals surface area contributed by atoms with Crippen LogP contribution in [-0.4, -0.2) is 76.8 Å². The Morgan fingerprint density at radius 2 is 1.60 bits per heavy atom. The number of methoxy groups -OCH3 is 1. The molecule has 0 N–H and O–H groups in total. The monoisotopic (exact) mass is 1030 g/mol. The molecule has 1 aliphatic heterocycles. The fraction of sp³-hybridized carbons (Fsp3) is 0.380. The van der Waals surface area contributed by atoms with Gasteiger partial charge in [0, 0.05) is 25.3 Å². The van der Waals surface area contributed by atoms with E-state index in [1.54, 1.807) is 16.7 Å². The highest BCUT2D eigenvalue weighted by atomic mass is 35.5. The van der Waals surface area contributed by atoms with E-state index in [1.165, 1.54) is 31.4 Å². The summed E-state index contributed by atoms with van der Waals surface area (Å²) in [5.41, 5.74) is 2.04. The summed E-state index contributed by atoms with van der Waals surface area (Å²) in [7, 11) is 2.22. The van der Waals surface area contributed by atoms with Crippen molar-refractivity contribution < 1.29 is 51.2 Å². The van der Waals surface area contributed by atoms with Crippen LogP contribution in [0, 0.1) is 6.92 Å². The minimum absolute atomic E-state index is 0.0371. The number of hydrogen-bond donors (Lipinski definition) is 0. The highest BCUT2D eigenvalue weighted by Gasteiger charge is 2.35. The molecule has 14 nitrogen and oxygen atoms in total. The van der Waals surface area contributed by atoms with Gasteiger partial charge in [-0.3, -0.25) is 23.9 Å². The van der Waals surface area contributed by atoms with Crippen molar-refractivity contribution in [1.82, 2.24) is 9.13 Å². The zero-order valence-corrected chi connectivity index (χ0v) is 42.2. The first-order chi connectivity index (χ1) is 33.2. The number of nitrogens with zero attached hydrogens (tertiary/aromatic N) is 4. The molecule has 0 radical (unpaired) electrons. The van der Waals surface area contributed by atoms with Crippen molar-refractivity contribution in [3.8, 4) is 22.9 Å². The number of rotatable bonds is 15. The van der Waals surface area contributed by atoms with Crippen LogP contribution in [0.3, 0.4) is 0 Å². The topological polar surface area (TPSA) is 148 Å². The lowest BCUT2D eigenvalue weighted by atomic mass is 10.0. The van der Waals surface area contributed by atoms with E-state index in [2.05, 4.69) is 6.92 Å². The lowest BCUT2D eigenvalue weighted by Gasteiger charge is -2.35. The second-order valence-corrected chi connectivity index (χ2v) is 16.9. The number of alkyl halides is 6. The highest BCUT2D eigenvalue weighted by Crippen LogP contribution is 2.35. The van der Waals surface area contributed by atoms with Crippen molar-refractivity contribution >= 4 is 64.0 Å². The number of carbonyl (C=O) groups excluding carboxylic acids is 3. The zero-order chi connectivity index (χ0) is 51.9. The minimum Gasteiger partial charge on any atom is -0.489 e. The van der Waals surface area contributed by atoms with Gasteiger partial charge in [0.2, 0.25) is 5.91 Å². The lowest BCUT2D eigenvalue weighted by Crippen LogP contribution is -2.47. The molecule has 0 saturated heterocycles. The maximum atomic E-state index is 13.1. The summed E-state index contributed by atoms with van der Waals surface area (Å²) in [4.78, 5) is 62.5. The van der Waals surface area contributed by atoms with Crippen LogP contribution < -0.4 is 35.3 Å². The van der Waals surface area contributed by atoms with E-state index in [-0.39, 0.29) is 42.8 Å². The third-order valence-electron chi connectivity index (χ3n) is 10.8. The standard InChI is InChI=1S/C25H25F3N2O6.C14H20ClNO2.C11H11Cl2NO2/c1-5-16-6-7-17(20(12-16)36-15(2)23(32)34-4)14-35-19-10-8-18(9-11-19)30-22(31)13-21(25(26,27)28)29(3)24(30)33;1-4-12-8-6-7-11(3)14(12)16(10-18-5-2)13(17)9-15;1-7-6-16-9-5-3-2-4-8(9)14(7)11(15)10(12)13/h6-13,15H,5,14H2,1-4H3;6-8H,4-5,9-10H2,1-3H3;2-5,7,10H,6H2,1H3. The zero-order valence-electron chi connectivity index (χ0n) is 40.0. The Bertz CT molecular complexity index is 2700. The van der Waals surface area contributed by atoms with Crippen LogP contribution in [-0.2, 0) is 56.5 Å². The maximum absolute atomic E-state index is 13.1. The summed E-state index contributed by atoms with van der Waals surface area (Å²) in [5.74, 6) is 0.517. The van der Waals surface area contributed by atoms with Crippen LogP contribution in [0.15, 0.2) is 101 Å². The molecule has 70 heavy (non-hydrogen) atoms. The van der Waals surface area contributed by atoms with Crippen LogP contribution >= 0.6 is 34.8 Å². The van der Waals surface area contributed by atoms with Gasteiger partial charge in [-0.1, -0.05) is 79.5 Å². The van der Waals surface area contributed by atoms with Gasteiger partial charge in [0.25, 0.3) is 11.5 Å². The van der Waals surface area contributed by atoms with Crippen molar-refractivity contribution in [2.45, 2.75) is 84.1 Å². The van der Waals surface area contributed by atoms with Gasteiger partial charge in [0.15, 0.2) is 10.9 Å². The summed E-state index contributed by atoms with van der Waals surface area (Å²) < 4.78 is 67.4. The average molecular weight is 1040 g/mol. The third kappa shape index (κ3) is 14.5. The Kier molecular flexibility index (Phi) is 21.2. The number of carbonyl (C=O) groups is 3. The molecule has 0 spiro atoms. The molecule has 2 amide bonds. The van der Waals surface area contributed by atoms with E-state index >= 15 is 0 Å². The summed E-state index contributed by atoms with van der Waals surface area (Å²) >= 11 is 16.9. The van der Waals surface area contributed by atoms with Crippen LogP contribution in [0.5, 0.6) is 17.2 Å². The molecule has 378 valence electrons. The lowest BCUT2D eigenvalue weighted by molar-refractivity contribution is -0.148. The first-order valence-electron chi connectivity index (χ1n) is 22.1. The van der Waals surface area contributed by atoms with Crippen molar-refractivity contribution in [1.29, 1.82) is 0 Å². The number of aromatic nitrogens is 2. The van der Waals surface area contributed by atoms with E-state index in [0.29, 0.717) is 51.2 Å². The van der Waals surface area contributed by atoms with E-state index in [4.69, 9.17) is 58.5 Å². The average Bonchev–Trinajstić information content (AvgIpc) is 3.34. The molecule has 2 heterocycles. The van der Waals surface area contributed by atoms with Crippen LogP contribution in [0.4, 0.5) is 24.5 Å². The highest BCUT2D eigenvalue weighted by molar-refractivity contribution is 6.54. The van der Waals surface area contributed by atoms with Gasteiger partial charge in [-0.25, -0.2) is 14.2 Å². The maximum Gasteiger partial charge on any atom is 0.431 e. The molecule has 0 saturated carbocycles. The van der Waals surface area contributed by atoms with Gasteiger partial charge in [-0.2, -0.15) is 13.2 Å². The Morgan fingerprint density at radius 1 is 0.914 bits per heavy atom. The molecule has 6 rings (SSSR count). The van der Waals surface area contributed by atoms with Crippen molar-refractivity contribution in [3.63, 3.8) is 0 Å². The summed E-state index contributed by atoms with van der Waals surface area (Å²) in [5, 5.41) is 0. The molecule has 0 fully saturated rings. The van der Waals surface area contributed by atoms with Crippen LogP contribution in [0.1, 0.15) is 62.6 Å². The SMILES string of the molecule is CC1COc2ccccc2N1C(=O)C(Cl)Cl.CCOCN(C(=O)CCl)c1c(C)cccc1CC.CCc1ccc(COc2ccc(-n3c(=O)cc(C(F)(F)F)n(C)c3=O)cc2)c(OC(C)C(=O)OC)c1. The summed E-state index contributed by atoms with van der Waals surface area (Å²) in [6.07, 6.45) is -4.04. The van der Waals surface area contributed by atoms with Crippen LogP contribution in [0.2, 0.25) is 0 Å². The number of anilines is 2. The van der Waals surface area contributed by atoms with E-state index in [1.807, 2.05) is 88.4 Å². The molecule has 2 atom stereocenters. The van der Waals surface area contributed by atoms with E-state index in [0.717, 1.165) is 48.0 Å². The van der Waals surface area contributed by atoms with Gasteiger partial charge >= 0.3 is 17.8 Å². The number of esters is 1. The van der Waals surface area contributed by atoms with Gasteiger partial charge in [-0.05, 0) is 99.7 Å². The molecule has 0 aliphatic carbocycles. The Hall–Kier alpha value is -6.01. The first kappa shape index (κ1) is 56.6. The fourth-order valence-electron chi connectivity index (χ4n) is 7.09. The van der Waals surface area contributed by atoms with E-state index in [9.17, 15) is 37.1 Å². The fourth-order valence-corrected chi connectivity index (χ4v) is 7.44. The number of ether oxygens (including phenoxy) is 5. The number of aryl methyl sites for hydroxylation is 3.